The van der Waals surface area contributed by atoms with Crippen LogP contribution in [-0.2, 0) is 22.6 Å². The van der Waals surface area contributed by atoms with E-state index in [-0.39, 0.29) is 31.0 Å². The number of hydrogen-bond acceptors (Lipinski definition) is 6. The van der Waals surface area contributed by atoms with E-state index in [1.54, 1.807) is 44.4 Å². The molecule has 0 aliphatic heterocycles. The largest absolute Gasteiger partial charge is 0.497 e. The number of nitrogens with one attached hydrogen (secondary N) is 1. The Labute approximate surface area is 230 Å². The monoisotopic (exact) mass is 534 g/mol. The lowest BCUT2D eigenvalue weighted by Crippen LogP contribution is -2.53. The van der Waals surface area contributed by atoms with Crippen molar-refractivity contribution in [3.63, 3.8) is 0 Å². The maximum Gasteiger partial charge on any atom is 0.261 e. The molecule has 0 fully saturated rings. The molecule has 0 aromatic heterocycles. The van der Waals surface area contributed by atoms with Crippen LogP contribution in [-0.4, -0.2) is 56.7 Å². The fraction of sp³-hybridized carbons (Fsp3) is 0.355. The van der Waals surface area contributed by atoms with Gasteiger partial charge in [0.1, 0.15) is 29.0 Å². The van der Waals surface area contributed by atoms with Crippen molar-refractivity contribution in [1.29, 1.82) is 0 Å². The van der Waals surface area contributed by atoms with Crippen molar-refractivity contribution in [3.05, 3.63) is 83.9 Å². The minimum Gasteiger partial charge on any atom is -0.497 e. The van der Waals surface area contributed by atoms with Crippen LogP contribution in [0.15, 0.2) is 72.8 Å². The number of benzene rings is 3. The van der Waals surface area contributed by atoms with Gasteiger partial charge >= 0.3 is 0 Å². The van der Waals surface area contributed by atoms with Crippen LogP contribution in [0.1, 0.15) is 31.4 Å². The van der Waals surface area contributed by atoms with Gasteiger partial charge in [0, 0.05) is 37.2 Å². The molecule has 8 nitrogen and oxygen atoms in total. The molecule has 0 spiro atoms. The van der Waals surface area contributed by atoms with E-state index in [4.69, 9.17) is 18.9 Å². The number of methoxy groups -OCH3 is 3. The molecule has 3 rings (SSSR count). The second-order valence-corrected chi connectivity index (χ2v) is 9.23. The third-order valence-electron chi connectivity index (χ3n) is 6.45. The van der Waals surface area contributed by atoms with Crippen molar-refractivity contribution in [2.45, 2.75) is 45.3 Å². The van der Waals surface area contributed by atoms with Gasteiger partial charge in [-0.2, -0.15) is 0 Å². The Hall–Kier alpha value is -4.20. The average molecular weight is 535 g/mol. The zero-order chi connectivity index (χ0) is 28.2. The minimum atomic E-state index is -0.761. The first kappa shape index (κ1) is 29.4. The molecule has 1 N–H and O–H groups in total. The number of nitrogens with zero attached hydrogens (tertiary/aromatic N) is 1. The Morgan fingerprint density at radius 1 is 0.795 bits per heavy atom. The molecule has 0 aliphatic rings. The molecular weight excluding hydrogens is 496 g/mol. The van der Waals surface area contributed by atoms with Crippen LogP contribution in [0, 0.1) is 0 Å². The Bertz CT molecular complexity index is 1190. The van der Waals surface area contributed by atoms with E-state index in [1.165, 1.54) is 0 Å². The normalized spacial score (nSPS) is 12.1. The Balaban J connectivity index is 1.94. The highest BCUT2D eigenvalue weighted by Gasteiger charge is 2.31. The molecule has 0 saturated heterocycles. The number of hydrogen-bond donors (Lipinski definition) is 1. The lowest BCUT2D eigenvalue weighted by atomic mass is 10.0. The molecule has 0 bridgehead atoms. The molecule has 0 unspecified atom stereocenters. The first-order chi connectivity index (χ1) is 18.9. The summed E-state index contributed by atoms with van der Waals surface area (Å²) in [6, 6.07) is 21.4. The van der Waals surface area contributed by atoms with Gasteiger partial charge in [-0.3, -0.25) is 9.59 Å². The van der Waals surface area contributed by atoms with E-state index in [9.17, 15) is 9.59 Å². The summed E-state index contributed by atoms with van der Waals surface area (Å²) < 4.78 is 21.9. The number of carbonyl (C=O) groups is 2. The third kappa shape index (κ3) is 8.67. The van der Waals surface area contributed by atoms with Gasteiger partial charge in [-0.15, -0.1) is 0 Å². The van der Waals surface area contributed by atoms with Crippen molar-refractivity contribution in [1.82, 2.24) is 10.2 Å². The van der Waals surface area contributed by atoms with Crippen LogP contribution in [0.4, 0.5) is 0 Å². The van der Waals surface area contributed by atoms with Gasteiger partial charge in [-0.25, -0.2) is 0 Å². The molecule has 2 amide bonds. The van der Waals surface area contributed by atoms with Crippen molar-refractivity contribution < 1.29 is 28.5 Å². The molecule has 3 aromatic rings. The summed E-state index contributed by atoms with van der Waals surface area (Å²) >= 11 is 0. The molecule has 0 radical (unpaired) electrons. The van der Waals surface area contributed by atoms with Crippen molar-refractivity contribution >= 4 is 11.8 Å². The van der Waals surface area contributed by atoms with E-state index in [0.717, 1.165) is 17.5 Å². The first-order valence-corrected chi connectivity index (χ1v) is 13.0. The molecule has 208 valence electrons. The molecule has 2 atom stereocenters. The van der Waals surface area contributed by atoms with E-state index >= 15 is 0 Å². The van der Waals surface area contributed by atoms with Crippen molar-refractivity contribution in [2.75, 3.05) is 27.9 Å². The summed E-state index contributed by atoms with van der Waals surface area (Å²) in [5, 5.41) is 3.07. The number of rotatable bonds is 14. The van der Waals surface area contributed by atoms with Gasteiger partial charge in [0.15, 0.2) is 6.61 Å². The topological polar surface area (TPSA) is 86.3 Å². The van der Waals surface area contributed by atoms with E-state index in [1.807, 2.05) is 68.4 Å². The third-order valence-corrected chi connectivity index (χ3v) is 6.45. The van der Waals surface area contributed by atoms with Crippen LogP contribution in [0.25, 0.3) is 0 Å². The maximum atomic E-state index is 13.8. The molecule has 0 saturated carbocycles. The van der Waals surface area contributed by atoms with Crippen LogP contribution in [0.2, 0.25) is 0 Å². The molecule has 3 aromatic carbocycles. The first-order valence-electron chi connectivity index (χ1n) is 13.0. The summed E-state index contributed by atoms with van der Waals surface area (Å²) in [6.07, 6.45) is 1.13. The SMILES string of the molecule is CC[C@H](C)NC(=O)[C@H](Cc1ccccc1)N(Cc1cccc(OC)c1)C(=O)COc1cc(OC)cc(OC)c1. The highest BCUT2D eigenvalue weighted by Crippen LogP contribution is 2.27. The zero-order valence-corrected chi connectivity index (χ0v) is 23.3. The number of carbonyl (C=O) groups excluding carboxylic acids is 2. The van der Waals surface area contributed by atoms with E-state index in [2.05, 4.69) is 5.32 Å². The van der Waals surface area contributed by atoms with Crippen LogP contribution in [0.3, 0.4) is 0 Å². The van der Waals surface area contributed by atoms with Gasteiger partial charge in [0.2, 0.25) is 5.91 Å². The standard InChI is InChI=1S/C31H38N2O6/c1-6-22(2)32-31(35)29(16-23-11-8-7-9-12-23)33(20-24-13-10-14-25(15-24)36-3)30(34)21-39-28-18-26(37-4)17-27(19-28)38-5/h7-15,17-19,22,29H,6,16,20-21H2,1-5H3,(H,32,35)/t22-,29-/m0/s1. The maximum absolute atomic E-state index is 13.8. The van der Waals surface area contributed by atoms with Gasteiger partial charge in [0.25, 0.3) is 5.91 Å². The van der Waals surface area contributed by atoms with Crippen LogP contribution >= 0.6 is 0 Å². The fourth-order valence-corrected chi connectivity index (χ4v) is 4.06. The van der Waals surface area contributed by atoms with Gasteiger partial charge in [0.05, 0.1) is 21.3 Å². The second kappa shape index (κ2) is 14.7. The van der Waals surface area contributed by atoms with E-state index in [0.29, 0.717) is 29.4 Å². The second-order valence-electron chi connectivity index (χ2n) is 9.23. The summed E-state index contributed by atoms with van der Waals surface area (Å²) in [6.45, 7) is 3.88. The van der Waals surface area contributed by atoms with Gasteiger partial charge in [-0.05, 0) is 36.6 Å². The van der Waals surface area contributed by atoms with Crippen molar-refractivity contribution in [3.8, 4) is 23.0 Å². The zero-order valence-electron chi connectivity index (χ0n) is 23.3. The van der Waals surface area contributed by atoms with E-state index < -0.39 is 6.04 Å². The molecule has 39 heavy (non-hydrogen) atoms. The quantitative estimate of drug-likeness (QED) is 0.324. The van der Waals surface area contributed by atoms with Gasteiger partial charge in [-0.1, -0.05) is 49.4 Å². The molecular formula is C31H38N2O6. The Morgan fingerprint density at radius 3 is 2.03 bits per heavy atom. The average Bonchev–Trinajstić information content (AvgIpc) is 2.97. The summed E-state index contributed by atoms with van der Waals surface area (Å²) in [5.74, 6) is 1.63. The summed E-state index contributed by atoms with van der Waals surface area (Å²) in [7, 11) is 4.68. The molecule has 0 heterocycles. The Kier molecular flexibility index (Phi) is 11.0. The smallest absolute Gasteiger partial charge is 0.261 e. The Morgan fingerprint density at radius 2 is 1.41 bits per heavy atom. The van der Waals surface area contributed by atoms with Crippen molar-refractivity contribution in [2.24, 2.45) is 0 Å². The highest BCUT2D eigenvalue weighted by molar-refractivity contribution is 5.88. The summed E-state index contributed by atoms with van der Waals surface area (Å²) in [4.78, 5) is 29.0. The fourth-order valence-electron chi connectivity index (χ4n) is 4.06. The molecule has 8 heteroatoms. The minimum absolute atomic E-state index is 0.0370. The lowest BCUT2D eigenvalue weighted by molar-refractivity contribution is -0.143. The predicted molar refractivity (Wildman–Crippen MR) is 150 cm³/mol. The van der Waals surface area contributed by atoms with Crippen LogP contribution < -0.4 is 24.3 Å². The number of amides is 2. The summed E-state index contributed by atoms with van der Waals surface area (Å²) in [5.41, 5.74) is 1.78. The van der Waals surface area contributed by atoms with Gasteiger partial charge < -0.3 is 29.2 Å². The van der Waals surface area contributed by atoms with Crippen LogP contribution in [0.5, 0.6) is 23.0 Å². The predicted octanol–water partition coefficient (Wildman–Crippen LogP) is 4.65. The lowest BCUT2D eigenvalue weighted by Gasteiger charge is -2.32. The highest BCUT2D eigenvalue weighted by atomic mass is 16.5. The molecule has 0 aliphatic carbocycles. The number of ether oxygens (including phenoxy) is 4.